The summed E-state index contributed by atoms with van der Waals surface area (Å²) in [5.41, 5.74) is 0. The van der Waals surface area contributed by atoms with Crippen LogP contribution < -0.4 is 5.32 Å². The number of amides is 1. The van der Waals surface area contributed by atoms with Crippen molar-refractivity contribution in [1.82, 2.24) is 5.32 Å². The molecule has 0 spiro atoms. The Morgan fingerprint density at radius 1 is 1.56 bits per heavy atom. The minimum Gasteiger partial charge on any atom is -0.378 e. The minimum absolute atomic E-state index is 0.122. The molecule has 0 radical (unpaired) electrons. The zero-order chi connectivity index (χ0) is 12.0. The van der Waals surface area contributed by atoms with Gasteiger partial charge in [0.2, 0.25) is 5.91 Å². The SMILES string of the molecule is CC(C)CC(CBr)NC(=O)CC1CCCO1. The van der Waals surface area contributed by atoms with Gasteiger partial charge in [-0.2, -0.15) is 0 Å². The first-order chi connectivity index (χ1) is 7.61. The molecule has 1 N–H and O–H groups in total. The van der Waals surface area contributed by atoms with E-state index in [9.17, 15) is 4.79 Å². The molecule has 0 aromatic heterocycles. The third-order valence-electron chi connectivity index (χ3n) is 2.74. The van der Waals surface area contributed by atoms with Gasteiger partial charge in [0.25, 0.3) is 0 Å². The fourth-order valence-corrected chi connectivity index (χ4v) is 2.45. The first-order valence-corrected chi connectivity index (χ1v) is 7.21. The van der Waals surface area contributed by atoms with Gasteiger partial charge in [-0.3, -0.25) is 4.79 Å². The summed E-state index contributed by atoms with van der Waals surface area (Å²) < 4.78 is 5.45. The van der Waals surface area contributed by atoms with E-state index in [2.05, 4.69) is 35.1 Å². The Morgan fingerprint density at radius 2 is 2.31 bits per heavy atom. The van der Waals surface area contributed by atoms with Gasteiger partial charge in [-0.05, 0) is 25.2 Å². The highest BCUT2D eigenvalue weighted by Crippen LogP contribution is 2.15. The van der Waals surface area contributed by atoms with Crippen LogP contribution in [0.25, 0.3) is 0 Å². The van der Waals surface area contributed by atoms with Crippen LogP contribution in [0.4, 0.5) is 0 Å². The second-order valence-electron chi connectivity index (χ2n) is 4.89. The van der Waals surface area contributed by atoms with Crippen molar-refractivity contribution >= 4 is 21.8 Å². The van der Waals surface area contributed by atoms with Crippen LogP contribution >= 0.6 is 15.9 Å². The van der Waals surface area contributed by atoms with E-state index < -0.39 is 0 Å². The van der Waals surface area contributed by atoms with Gasteiger partial charge in [-0.1, -0.05) is 29.8 Å². The lowest BCUT2D eigenvalue weighted by atomic mass is 10.0. The Kier molecular flexibility index (Phi) is 6.36. The molecule has 1 amide bonds. The predicted octanol–water partition coefficient (Wildman–Crippen LogP) is 2.48. The molecule has 1 aliphatic heterocycles. The monoisotopic (exact) mass is 291 g/mol. The van der Waals surface area contributed by atoms with Crippen molar-refractivity contribution in [1.29, 1.82) is 0 Å². The third-order valence-corrected chi connectivity index (χ3v) is 3.53. The number of hydrogen-bond donors (Lipinski definition) is 1. The number of carbonyl (C=O) groups excluding carboxylic acids is 1. The Morgan fingerprint density at radius 3 is 2.81 bits per heavy atom. The van der Waals surface area contributed by atoms with E-state index in [4.69, 9.17) is 4.74 Å². The van der Waals surface area contributed by atoms with Crippen LogP contribution in [0.1, 0.15) is 39.5 Å². The molecule has 1 saturated heterocycles. The van der Waals surface area contributed by atoms with Gasteiger partial charge in [0.1, 0.15) is 0 Å². The second-order valence-corrected chi connectivity index (χ2v) is 5.53. The van der Waals surface area contributed by atoms with Crippen LogP contribution in [0, 0.1) is 5.92 Å². The van der Waals surface area contributed by atoms with Gasteiger partial charge in [-0.15, -0.1) is 0 Å². The summed E-state index contributed by atoms with van der Waals surface area (Å²) in [6, 6.07) is 0.244. The molecule has 1 fully saturated rings. The normalized spacial score (nSPS) is 22.4. The molecule has 1 rings (SSSR count). The lowest BCUT2D eigenvalue weighted by Crippen LogP contribution is -2.38. The average Bonchev–Trinajstić information content (AvgIpc) is 2.68. The molecule has 3 nitrogen and oxygen atoms in total. The van der Waals surface area contributed by atoms with Crippen LogP contribution in [0.3, 0.4) is 0 Å². The van der Waals surface area contributed by atoms with Crippen molar-refractivity contribution < 1.29 is 9.53 Å². The van der Waals surface area contributed by atoms with E-state index in [-0.39, 0.29) is 18.1 Å². The summed E-state index contributed by atoms with van der Waals surface area (Å²) in [7, 11) is 0. The van der Waals surface area contributed by atoms with Crippen LogP contribution in [0.2, 0.25) is 0 Å². The van der Waals surface area contributed by atoms with Crippen LogP contribution in [-0.2, 0) is 9.53 Å². The molecule has 94 valence electrons. The highest BCUT2D eigenvalue weighted by molar-refractivity contribution is 9.09. The second kappa shape index (κ2) is 7.28. The van der Waals surface area contributed by atoms with E-state index in [0.29, 0.717) is 12.3 Å². The summed E-state index contributed by atoms with van der Waals surface area (Å²) in [6.07, 6.45) is 3.79. The average molecular weight is 292 g/mol. The fourth-order valence-electron chi connectivity index (χ4n) is 2.03. The Labute approximate surface area is 106 Å². The molecule has 2 atom stereocenters. The largest absolute Gasteiger partial charge is 0.378 e. The van der Waals surface area contributed by atoms with E-state index in [1.165, 1.54) is 0 Å². The zero-order valence-corrected chi connectivity index (χ0v) is 11.8. The maximum absolute atomic E-state index is 11.7. The smallest absolute Gasteiger partial charge is 0.222 e. The first-order valence-electron chi connectivity index (χ1n) is 6.08. The van der Waals surface area contributed by atoms with Gasteiger partial charge in [0, 0.05) is 18.0 Å². The first kappa shape index (κ1) is 14.0. The van der Waals surface area contributed by atoms with Crippen molar-refractivity contribution in [3.63, 3.8) is 0 Å². The number of carbonyl (C=O) groups is 1. The molecule has 2 unspecified atom stereocenters. The molecular formula is C12H22BrNO2. The fraction of sp³-hybridized carbons (Fsp3) is 0.917. The van der Waals surface area contributed by atoms with Crippen molar-refractivity contribution in [3.05, 3.63) is 0 Å². The molecule has 16 heavy (non-hydrogen) atoms. The Bertz CT molecular complexity index is 215. The van der Waals surface area contributed by atoms with Gasteiger partial charge < -0.3 is 10.1 Å². The van der Waals surface area contributed by atoms with Crippen LogP contribution in [0.5, 0.6) is 0 Å². The number of alkyl halides is 1. The van der Waals surface area contributed by atoms with Gasteiger partial charge in [0.05, 0.1) is 12.5 Å². The Balaban J connectivity index is 2.24. The Hall–Kier alpha value is -0.0900. The van der Waals surface area contributed by atoms with Crippen molar-refractivity contribution in [2.75, 3.05) is 11.9 Å². The number of nitrogens with one attached hydrogen (secondary N) is 1. The summed E-state index contributed by atoms with van der Waals surface area (Å²) >= 11 is 3.44. The van der Waals surface area contributed by atoms with Gasteiger partial charge in [0.15, 0.2) is 0 Å². The van der Waals surface area contributed by atoms with E-state index in [1.54, 1.807) is 0 Å². The third kappa shape index (κ3) is 5.30. The van der Waals surface area contributed by atoms with E-state index >= 15 is 0 Å². The van der Waals surface area contributed by atoms with E-state index in [0.717, 1.165) is 31.2 Å². The van der Waals surface area contributed by atoms with Gasteiger partial charge >= 0.3 is 0 Å². The maximum Gasteiger partial charge on any atom is 0.222 e. The van der Waals surface area contributed by atoms with Crippen LogP contribution in [0.15, 0.2) is 0 Å². The summed E-state index contributed by atoms with van der Waals surface area (Å²) in [5, 5.41) is 3.88. The predicted molar refractivity (Wildman–Crippen MR) is 68.8 cm³/mol. The lowest BCUT2D eigenvalue weighted by molar-refractivity contribution is -0.123. The topological polar surface area (TPSA) is 38.3 Å². The molecule has 0 aromatic rings. The van der Waals surface area contributed by atoms with Crippen molar-refractivity contribution in [2.24, 2.45) is 5.92 Å². The molecule has 4 heteroatoms. The lowest BCUT2D eigenvalue weighted by Gasteiger charge is -2.19. The summed E-state index contributed by atoms with van der Waals surface area (Å²) in [5.74, 6) is 0.725. The molecule has 1 heterocycles. The highest BCUT2D eigenvalue weighted by atomic mass is 79.9. The molecule has 0 bridgehead atoms. The van der Waals surface area contributed by atoms with Crippen molar-refractivity contribution in [2.45, 2.75) is 51.7 Å². The minimum atomic E-state index is 0.122. The van der Waals surface area contributed by atoms with E-state index in [1.807, 2.05) is 0 Å². The summed E-state index contributed by atoms with van der Waals surface area (Å²) in [4.78, 5) is 11.7. The summed E-state index contributed by atoms with van der Waals surface area (Å²) in [6.45, 7) is 5.15. The standard InChI is InChI=1S/C12H22BrNO2/c1-9(2)6-10(8-13)14-12(15)7-11-4-3-5-16-11/h9-11H,3-8H2,1-2H3,(H,14,15). The molecule has 0 aliphatic carbocycles. The quantitative estimate of drug-likeness (QED) is 0.764. The van der Waals surface area contributed by atoms with Crippen LogP contribution in [-0.4, -0.2) is 30.0 Å². The number of ether oxygens (including phenoxy) is 1. The number of rotatable bonds is 6. The van der Waals surface area contributed by atoms with Crippen molar-refractivity contribution in [3.8, 4) is 0 Å². The molecule has 0 aromatic carbocycles. The molecule has 1 aliphatic rings. The van der Waals surface area contributed by atoms with Gasteiger partial charge in [-0.25, -0.2) is 0 Å². The highest BCUT2D eigenvalue weighted by Gasteiger charge is 2.20. The maximum atomic E-state index is 11.7. The number of hydrogen-bond acceptors (Lipinski definition) is 2. The molecule has 0 saturated carbocycles. The number of halogens is 1. The zero-order valence-electron chi connectivity index (χ0n) is 10.2. The molecular weight excluding hydrogens is 270 g/mol.